The van der Waals surface area contributed by atoms with E-state index in [0.717, 1.165) is 30.8 Å². The zero-order chi connectivity index (χ0) is 16.5. The van der Waals surface area contributed by atoms with Gasteiger partial charge >= 0.3 is 0 Å². The summed E-state index contributed by atoms with van der Waals surface area (Å²) in [5.74, 6) is 0.608. The molecule has 1 saturated heterocycles. The molecular formula is C17H17N5OS. The van der Waals surface area contributed by atoms with Crippen molar-refractivity contribution in [2.75, 3.05) is 6.54 Å². The summed E-state index contributed by atoms with van der Waals surface area (Å²) >= 11 is 1.37. The summed E-state index contributed by atoms with van der Waals surface area (Å²) in [6, 6.07) is 5.89. The van der Waals surface area contributed by atoms with Crippen LogP contribution in [-0.4, -0.2) is 37.3 Å². The zero-order valence-corrected chi connectivity index (χ0v) is 14.1. The Kier molecular flexibility index (Phi) is 3.86. The number of H-pyrrole nitrogens is 1. The van der Waals surface area contributed by atoms with E-state index in [4.69, 9.17) is 0 Å². The van der Waals surface area contributed by atoms with E-state index in [0.29, 0.717) is 15.7 Å². The molecule has 0 unspecified atom stereocenters. The molecule has 1 atom stereocenters. The largest absolute Gasteiger partial charge is 0.363 e. The van der Waals surface area contributed by atoms with Gasteiger partial charge in [-0.2, -0.15) is 0 Å². The summed E-state index contributed by atoms with van der Waals surface area (Å²) in [5.41, 5.74) is 1.83. The quantitative estimate of drug-likeness (QED) is 0.795. The van der Waals surface area contributed by atoms with Crippen molar-refractivity contribution in [1.82, 2.24) is 24.8 Å². The van der Waals surface area contributed by atoms with Gasteiger partial charge in [-0.15, -0.1) is 11.3 Å². The van der Waals surface area contributed by atoms with Crippen LogP contribution in [0.1, 0.15) is 39.9 Å². The molecule has 0 aromatic carbocycles. The second kappa shape index (κ2) is 6.16. The van der Waals surface area contributed by atoms with Crippen LogP contribution in [0.25, 0.3) is 10.8 Å². The van der Waals surface area contributed by atoms with Crippen LogP contribution in [0.3, 0.4) is 0 Å². The van der Waals surface area contributed by atoms with Gasteiger partial charge in [0.2, 0.25) is 0 Å². The number of nitrogens with zero attached hydrogens (tertiary/aromatic N) is 4. The molecule has 1 fully saturated rings. The summed E-state index contributed by atoms with van der Waals surface area (Å²) in [6.07, 6.45) is 7.27. The van der Waals surface area contributed by atoms with Crippen LogP contribution in [0.4, 0.5) is 0 Å². The van der Waals surface area contributed by atoms with Gasteiger partial charge in [-0.25, -0.2) is 15.0 Å². The summed E-state index contributed by atoms with van der Waals surface area (Å²) in [5, 5.41) is 0.687. The maximum atomic E-state index is 13.1. The Balaban J connectivity index is 1.64. The lowest BCUT2D eigenvalue weighted by molar-refractivity contribution is 0.0737. The van der Waals surface area contributed by atoms with Crippen molar-refractivity contribution in [3.05, 3.63) is 53.1 Å². The number of carbonyl (C=O) groups excluding carboxylic acids is 1. The number of hydrogen-bond donors (Lipinski definition) is 1. The minimum absolute atomic E-state index is 0.0456. The second-order valence-electron chi connectivity index (χ2n) is 5.79. The Morgan fingerprint density at radius 2 is 2.17 bits per heavy atom. The topological polar surface area (TPSA) is 74.8 Å². The van der Waals surface area contributed by atoms with Crippen LogP contribution in [-0.2, 0) is 0 Å². The van der Waals surface area contributed by atoms with E-state index in [2.05, 4.69) is 19.9 Å². The second-order valence-corrected chi connectivity index (χ2v) is 6.79. The molecule has 4 heterocycles. The molecule has 0 spiro atoms. The normalized spacial score (nSPS) is 17.4. The molecule has 1 amide bonds. The predicted molar refractivity (Wildman–Crippen MR) is 91.7 cm³/mol. The van der Waals surface area contributed by atoms with Gasteiger partial charge in [-0.3, -0.25) is 4.79 Å². The fourth-order valence-electron chi connectivity index (χ4n) is 3.12. The summed E-state index contributed by atoms with van der Waals surface area (Å²) < 4.78 is 0. The van der Waals surface area contributed by atoms with Crippen molar-refractivity contribution < 1.29 is 4.79 Å². The highest BCUT2D eigenvalue weighted by Gasteiger charge is 2.33. The van der Waals surface area contributed by atoms with Gasteiger partial charge in [-0.05, 0) is 38.0 Å². The fraction of sp³-hybridized carbons (Fsp3) is 0.294. The van der Waals surface area contributed by atoms with E-state index in [1.54, 1.807) is 18.5 Å². The van der Waals surface area contributed by atoms with Crippen LogP contribution in [0.15, 0.2) is 36.8 Å². The first-order valence-corrected chi connectivity index (χ1v) is 8.75. The maximum Gasteiger partial charge on any atom is 0.266 e. The lowest BCUT2D eigenvalue weighted by Crippen LogP contribution is -2.30. The summed E-state index contributed by atoms with van der Waals surface area (Å²) in [7, 11) is 0. The van der Waals surface area contributed by atoms with E-state index in [1.165, 1.54) is 11.3 Å². The number of likely N-dealkylation sites (tertiary alicyclic amines) is 1. The average Bonchev–Trinajstić information content (AvgIpc) is 3.35. The predicted octanol–water partition coefficient (Wildman–Crippen LogP) is 3.21. The van der Waals surface area contributed by atoms with Gasteiger partial charge in [0, 0.05) is 30.8 Å². The van der Waals surface area contributed by atoms with Gasteiger partial charge in [0.25, 0.3) is 5.91 Å². The van der Waals surface area contributed by atoms with Crippen molar-refractivity contribution in [2.24, 2.45) is 0 Å². The minimum Gasteiger partial charge on any atom is -0.363 e. The molecule has 1 N–H and O–H groups in total. The molecule has 6 nitrogen and oxygen atoms in total. The average molecular weight is 339 g/mol. The molecular weight excluding hydrogens is 322 g/mol. The van der Waals surface area contributed by atoms with Crippen LogP contribution in [0, 0.1) is 6.92 Å². The van der Waals surface area contributed by atoms with Gasteiger partial charge in [0.1, 0.15) is 4.88 Å². The first-order chi connectivity index (χ1) is 11.7. The summed E-state index contributed by atoms with van der Waals surface area (Å²) in [4.78, 5) is 31.9. The monoisotopic (exact) mass is 339 g/mol. The van der Waals surface area contributed by atoms with E-state index in [9.17, 15) is 4.79 Å². The van der Waals surface area contributed by atoms with Crippen molar-refractivity contribution in [3.8, 4) is 10.8 Å². The number of aromatic amines is 1. The molecule has 3 aromatic rings. The number of aromatic nitrogens is 4. The Labute approximate surface area is 143 Å². The minimum atomic E-state index is 0.0456. The standard InChI is InChI=1S/C17H17N5OS/c1-11-14(24-16(21-11)15-19-8-4-9-20-15)17(23)22-10-3-6-13(22)12-5-2-7-18-12/h2,4-5,7-9,13,18H,3,6,10H2,1H3/t13-/m1/s1. The molecule has 122 valence electrons. The first-order valence-electron chi connectivity index (χ1n) is 7.93. The number of aryl methyl sites for hydroxylation is 1. The van der Waals surface area contributed by atoms with Gasteiger partial charge in [0.05, 0.1) is 11.7 Å². The van der Waals surface area contributed by atoms with Gasteiger partial charge in [-0.1, -0.05) is 0 Å². The molecule has 24 heavy (non-hydrogen) atoms. The SMILES string of the molecule is Cc1nc(-c2ncccn2)sc1C(=O)N1CCC[C@@H]1c1ccc[nH]1. The van der Waals surface area contributed by atoms with E-state index < -0.39 is 0 Å². The van der Waals surface area contributed by atoms with Crippen molar-refractivity contribution >= 4 is 17.2 Å². The van der Waals surface area contributed by atoms with Crippen molar-refractivity contribution in [1.29, 1.82) is 0 Å². The molecule has 0 radical (unpaired) electrons. The third kappa shape index (κ3) is 2.60. The molecule has 0 aliphatic carbocycles. The number of nitrogens with one attached hydrogen (secondary N) is 1. The number of amides is 1. The Hall–Kier alpha value is -2.54. The Bertz CT molecular complexity index is 843. The lowest BCUT2D eigenvalue weighted by Gasteiger charge is -2.23. The van der Waals surface area contributed by atoms with Crippen LogP contribution >= 0.6 is 11.3 Å². The third-order valence-electron chi connectivity index (χ3n) is 4.24. The Morgan fingerprint density at radius 3 is 2.92 bits per heavy atom. The highest BCUT2D eigenvalue weighted by molar-refractivity contribution is 7.17. The zero-order valence-electron chi connectivity index (χ0n) is 13.3. The third-order valence-corrected chi connectivity index (χ3v) is 5.38. The van der Waals surface area contributed by atoms with Crippen molar-refractivity contribution in [2.45, 2.75) is 25.8 Å². The molecule has 0 saturated carbocycles. The fourth-order valence-corrected chi connectivity index (χ4v) is 4.09. The highest BCUT2D eigenvalue weighted by atomic mass is 32.1. The van der Waals surface area contributed by atoms with Gasteiger partial charge in [0.15, 0.2) is 10.8 Å². The molecule has 7 heteroatoms. The highest BCUT2D eigenvalue weighted by Crippen LogP contribution is 2.34. The molecule has 1 aliphatic rings. The Morgan fingerprint density at radius 1 is 1.33 bits per heavy atom. The van der Waals surface area contributed by atoms with E-state index in [1.807, 2.05) is 30.2 Å². The van der Waals surface area contributed by atoms with Crippen molar-refractivity contribution in [3.63, 3.8) is 0 Å². The van der Waals surface area contributed by atoms with Gasteiger partial charge < -0.3 is 9.88 Å². The molecule has 0 bridgehead atoms. The van der Waals surface area contributed by atoms with Crippen LogP contribution in [0.2, 0.25) is 0 Å². The summed E-state index contributed by atoms with van der Waals surface area (Å²) in [6.45, 7) is 2.65. The number of rotatable bonds is 3. The van der Waals surface area contributed by atoms with E-state index in [-0.39, 0.29) is 11.9 Å². The molecule has 3 aromatic heterocycles. The smallest absolute Gasteiger partial charge is 0.266 e. The molecule has 4 rings (SSSR count). The molecule has 1 aliphatic heterocycles. The maximum absolute atomic E-state index is 13.1. The number of hydrogen-bond acceptors (Lipinski definition) is 5. The van der Waals surface area contributed by atoms with Crippen LogP contribution in [0.5, 0.6) is 0 Å². The lowest BCUT2D eigenvalue weighted by atomic mass is 10.1. The first kappa shape index (κ1) is 15.0. The van der Waals surface area contributed by atoms with Crippen LogP contribution < -0.4 is 0 Å². The number of carbonyl (C=O) groups is 1. The van der Waals surface area contributed by atoms with E-state index >= 15 is 0 Å². The number of thiazole rings is 1.